The summed E-state index contributed by atoms with van der Waals surface area (Å²) in [5, 5.41) is 13.6. The third kappa shape index (κ3) is 30.9. The number of ether oxygens (including phenoxy) is 3. The fourth-order valence-corrected chi connectivity index (χ4v) is 11.2. The largest absolute Gasteiger partial charge is 0.480 e. The van der Waals surface area contributed by atoms with Gasteiger partial charge in [-0.15, -0.1) is 0 Å². The first-order chi connectivity index (χ1) is 43.2. The van der Waals surface area contributed by atoms with E-state index in [1.54, 1.807) is 60.7 Å². The van der Waals surface area contributed by atoms with Gasteiger partial charge in [0.05, 0.1) is 38.7 Å². The monoisotopic (exact) mass is 1420 g/mol. The number of methoxy groups -OCH3 is 2. The van der Waals surface area contributed by atoms with Crippen molar-refractivity contribution in [3.63, 3.8) is 0 Å². The molecule has 0 aliphatic rings. The number of nitrogens with one attached hydrogen (secondary N) is 4. The lowest BCUT2D eigenvalue weighted by Gasteiger charge is -2.15. The molecule has 93 heavy (non-hydrogen) atoms. The molecule has 0 bridgehead atoms. The van der Waals surface area contributed by atoms with E-state index in [0.29, 0.717) is 34.1 Å². The molecule has 0 aliphatic heterocycles. The van der Waals surface area contributed by atoms with Gasteiger partial charge in [0.15, 0.2) is 49.2 Å². The van der Waals surface area contributed by atoms with Crippen LogP contribution >= 0.6 is 23.6 Å². The van der Waals surface area contributed by atoms with Gasteiger partial charge in [-0.25, -0.2) is 61.3 Å². The lowest BCUT2D eigenvalue weighted by molar-refractivity contribution is -0.147. The molecule has 0 saturated heterocycles. The van der Waals surface area contributed by atoms with Crippen LogP contribution in [0.15, 0.2) is 182 Å². The predicted octanol–water partition coefficient (Wildman–Crippen LogP) is 5.27. The van der Waals surface area contributed by atoms with E-state index >= 15 is 0 Å². The van der Waals surface area contributed by atoms with Crippen LogP contribution in [-0.2, 0) is 118 Å². The number of hydrogen-bond acceptors (Lipinski definition) is 22. The van der Waals surface area contributed by atoms with Crippen LogP contribution in [0.5, 0.6) is 0 Å². The molecule has 0 fully saturated rings. The molecular formula is C61H70Cl2N4O21S5. The van der Waals surface area contributed by atoms with Crippen molar-refractivity contribution in [1.29, 1.82) is 0 Å². The minimum atomic E-state index is -3.34. The van der Waals surface area contributed by atoms with E-state index in [1.807, 2.05) is 30.3 Å². The lowest BCUT2D eigenvalue weighted by Crippen LogP contribution is -2.42. The molecule has 0 saturated carbocycles. The summed E-state index contributed by atoms with van der Waals surface area (Å²) in [5.74, 6) is -3.68. The van der Waals surface area contributed by atoms with Crippen molar-refractivity contribution in [2.24, 2.45) is 0 Å². The number of carboxylic acid groups (broad SMARTS) is 1. The molecule has 2 amide bonds. The van der Waals surface area contributed by atoms with E-state index in [0.717, 1.165) is 36.8 Å². The normalized spacial score (nSPS) is 12.4. The fraction of sp³-hybridized carbons (Fsp3) is 0.262. The van der Waals surface area contributed by atoms with Crippen LogP contribution < -0.4 is 20.3 Å². The Hall–Kier alpha value is -8.20. The Balaban J connectivity index is 0.000000402. The SMILES string of the molecule is COC(=O)/C(=C\c1cccc(S(C)(=O)=O)c1)NC(C)=O.COC(=O)[C@H](Cc1cccc(S(C)(=O)=O)c1)NC(C)=O.CS(=O)(=O)c1cccc(C=O)c1.CS(=O)(=O)c1cccc(C[C@H](NCl)C(=O)O)c1.CS(=O)(=O)c1cccc(C[C@H](NCl)C(=O)OCc2ccccc2)c1. The molecule has 3 atom stereocenters. The van der Waals surface area contributed by atoms with E-state index in [-0.39, 0.29) is 62.0 Å². The first kappa shape index (κ1) is 80.9. The molecule has 0 unspecified atom stereocenters. The maximum atomic E-state index is 12.1. The second-order valence-corrected chi connectivity index (χ2v) is 30.5. The molecule has 0 spiro atoms. The topological polar surface area (TPSA) is 386 Å². The van der Waals surface area contributed by atoms with Gasteiger partial charge in [-0.2, -0.15) is 0 Å². The van der Waals surface area contributed by atoms with Gasteiger partial charge < -0.3 is 30.0 Å². The third-order valence-electron chi connectivity index (χ3n) is 12.0. The van der Waals surface area contributed by atoms with Crippen molar-refractivity contribution < 1.29 is 95.0 Å². The number of hydrogen-bond donors (Lipinski definition) is 5. The van der Waals surface area contributed by atoms with Crippen molar-refractivity contribution in [2.45, 2.75) is 82.3 Å². The molecule has 0 aromatic heterocycles. The number of esters is 3. The summed E-state index contributed by atoms with van der Waals surface area (Å²) in [6.07, 6.45) is 8.01. The maximum absolute atomic E-state index is 12.1. The first-order valence-electron chi connectivity index (χ1n) is 26.8. The number of carbonyl (C=O) groups is 7. The second kappa shape index (κ2) is 38.1. The molecule has 5 N–H and O–H groups in total. The van der Waals surface area contributed by atoms with E-state index in [9.17, 15) is 75.7 Å². The summed E-state index contributed by atoms with van der Waals surface area (Å²) < 4.78 is 128. The maximum Gasteiger partial charge on any atom is 0.354 e. The number of aliphatic carboxylic acids is 1. The molecule has 6 aromatic carbocycles. The van der Waals surface area contributed by atoms with Crippen LogP contribution in [0.1, 0.15) is 52.0 Å². The number of amides is 2. The highest BCUT2D eigenvalue weighted by Crippen LogP contribution is 2.18. The smallest absolute Gasteiger partial charge is 0.354 e. The van der Waals surface area contributed by atoms with Crippen molar-refractivity contribution in [3.05, 3.63) is 191 Å². The van der Waals surface area contributed by atoms with Crippen LogP contribution in [0.25, 0.3) is 6.08 Å². The van der Waals surface area contributed by atoms with E-state index in [4.69, 9.17) is 33.4 Å². The molecule has 504 valence electrons. The van der Waals surface area contributed by atoms with Gasteiger partial charge in [0.2, 0.25) is 11.8 Å². The Morgan fingerprint density at radius 2 is 0.828 bits per heavy atom. The first-order valence-corrected chi connectivity index (χ1v) is 37.0. The fourth-order valence-electron chi connectivity index (χ4n) is 7.43. The standard InChI is InChI=1S/C17H18ClNO4S.C13H17NO5S.C13H15NO5S.C10H12ClNO4S.C8H8O3S/c1-24(21,22)15-9-5-8-14(10-15)11-16(19-18)17(20)23-12-13-6-3-2-4-7-13;2*1-9(15)14-12(13(16)19-2)8-10-5-4-6-11(7-10)20(3,17)18;1-17(15,16)8-4-2-3-7(5-8)6-9(12-11)10(13)14;1-12(10,11)8-4-2-3-7(5-8)6-9/h2-10,16,19H,11-12H2,1H3;4-7,12H,8H2,1-3H3,(H,14,15);4-8H,1-3H3,(H,14,15);2-5,9,12H,6H2,1H3,(H,13,14);2-6H,1H3/b;;12-8+;;/t16-;12-;;9-;/m00.0./s1. The molecular weight excluding hydrogens is 1360 g/mol. The van der Waals surface area contributed by atoms with Gasteiger partial charge >= 0.3 is 23.9 Å². The number of halogens is 2. The summed E-state index contributed by atoms with van der Waals surface area (Å²) in [6, 6.07) is 37.4. The average Bonchev–Trinajstić information content (AvgIpc) is 1.03. The zero-order valence-corrected chi connectivity index (χ0v) is 57.2. The van der Waals surface area contributed by atoms with Crippen LogP contribution in [0.4, 0.5) is 0 Å². The number of aldehydes is 1. The zero-order valence-electron chi connectivity index (χ0n) is 51.6. The molecule has 32 heteroatoms. The summed E-state index contributed by atoms with van der Waals surface area (Å²) in [6.45, 7) is 2.70. The Labute approximate surface area is 551 Å². The van der Waals surface area contributed by atoms with Crippen molar-refractivity contribution >= 4 is 121 Å². The van der Waals surface area contributed by atoms with Gasteiger partial charge in [-0.3, -0.25) is 24.0 Å². The van der Waals surface area contributed by atoms with Gasteiger partial charge in [0, 0.05) is 57.1 Å². The molecule has 6 aromatic rings. The lowest BCUT2D eigenvalue weighted by atomic mass is 10.1. The zero-order chi connectivity index (χ0) is 70.5. The van der Waals surface area contributed by atoms with Gasteiger partial charge in [0.25, 0.3) is 0 Å². The van der Waals surface area contributed by atoms with Gasteiger partial charge in [-0.05, 0) is 131 Å². The molecule has 0 heterocycles. The van der Waals surface area contributed by atoms with Crippen LogP contribution in [0.2, 0.25) is 0 Å². The highest BCUT2D eigenvalue weighted by Gasteiger charge is 2.23. The van der Waals surface area contributed by atoms with Crippen LogP contribution in [0, 0.1) is 0 Å². The van der Waals surface area contributed by atoms with Crippen LogP contribution in [-0.4, -0.2) is 153 Å². The Kier molecular flexibility index (Phi) is 33.1. The summed E-state index contributed by atoms with van der Waals surface area (Å²) in [4.78, 5) is 83.7. The predicted molar refractivity (Wildman–Crippen MR) is 347 cm³/mol. The Morgan fingerprint density at radius 3 is 1.18 bits per heavy atom. The van der Waals surface area contributed by atoms with E-state index in [1.165, 1.54) is 94.8 Å². The van der Waals surface area contributed by atoms with Gasteiger partial charge in [0.1, 0.15) is 36.7 Å². The van der Waals surface area contributed by atoms with Crippen molar-refractivity contribution in [1.82, 2.24) is 20.3 Å². The minimum absolute atomic E-state index is 0.0642. The third-order valence-corrected chi connectivity index (χ3v) is 18.0. The summed E-state index contributed by atoms with van der Waals surface area (Å²) >= 11 is 10.9. The van der Waals surface area contributed by atoms with Crippen molar-refractivity contribution in [3.8, 4) is 0 Å². The highest BCUT2D eigenvalue weighted by molar-refractivity contribution is 7.91. The number of carboxylic acids is 1. The molecule has 0 aliphatic carbocycles. The average molecular weight is 1430 g/mol. The van der Waals surface area contributed by atoms with Gasteiger partial charge in [-0.1, -0.05) is 91.0 Å². The summed E-state index contributed by atoms with van der Waals surface area (Å²) in [7, 11) is -14.0. The molecule has 25 nitrogen and oxygen atoms in total. The Morgan fingerprint density at radius 1 is 0.462 bits per heavy atom. The summed E-state index contributed by atoms with van der Waals surface area (Å²) in [5.41, 5.74) is 3.53. The quantitative estimate of drug-likeness (QED) is 0.0179. The van der Waals surface area contributed by atoms with E-state index in [2.05, 4.69) is 29.8 Å². The van der Waals surface area contributed by atoms with Crippen LogP contribution in [0.3, 0.4) is 0 Å². The highest BCUT2D eigenvalue weighted by atomic mass is 35.5. The minimum Gasteiger partial charge on any atom is -0.480 e. The van der Waals surface area contributed by atoms with E-state index < -0.39 is 97.1 Å². The number of rotatable bonds is 23. The number of sulfone groups is 5. The number of carbonyl (C=O) groups excluding carboxylic acids is 6. The molecule has 0 radical (unpaired) electrons. The number of benzene rings is 6. The second-order valence-electron chi connectivity index (χ2n) is 19.9. The Bertz CT molecular complexity index is 4210. The molecule has 6 rings (SSSR count). The van der Waals surface area contributed by atoms with Crippen molar-refractivity contribution in [2.75, 3.05) is 45.5 Å².